The Morgan fingerprint density at radius 3 is 1.24 bits per heavy atom. The lowest BCUT2D eigenvalue weighted by Gasteiger charge is -2.29. The number of aromatic hydroxyl groups is 2. The van der Waals surface area contributed by atoms with Crippen LogP contribution in [0.3, 0.4) is 0 Å². The highest BCUT2D eigenvalue weighted by Gasteiger charge is 2.16. The van der Waals surface area contributed by atoms with Crippen molar-refractivity contribution in [1.29, 1.82) is 0 Å². The fourth-order valence-electron chi connectivity index (χ4n) is 5.21. The monoisotopic (exact) mass is 508 g/mol. The van der Waals surface area contributed by atoms with Crippen molar-refractivity contribution in [2.24, 2.45) is 0 Å². The molecule has 0 atom stereocenters. The van der Waals surface area contributed by atoms with E-state index in [0.717, 1.165) is 59.6 Å². The van der Waals surface area contributed by atoms with Crippen LogP contribution in [0, 0.1) is 27.7 Å². The minimum atomic E-state index is 0.384. The van der Waals surface area contributed by atoms with Gasteiger partial charge in [-0.3, -0.25) is 9.80 Å². The van der Waals surface area contributed by atoms with E-state index < -0.39 is 0 Å². The van der Waals surface area contributed by atoms with Crippen LogP contribution >= 0.6 is 0 Å². The van der Waals surface area contributed by atoms with Gasteiger partial charge in [-0.25, -0.2) is 0 Å². The number of nitrogens with zero attached hydrogens (tertiary/aromatic N) is 2. The Morgan fingerprint density at radius 1 is 0.500 bits per heavy atom. The second kappa shape index (κ2) is 12.8. The van der Waals surface area contributed by atoms with Gasteiger partial charge in [0, 0.05) is 50.4 Å². The van der Waals surface area contributed by atoms with Crippen LogP contribution in [0.2, 0.25) is 0 Å². The SMILES string of the molecule is Cc1cc(C)c(O)c(CN(CCN(Cc2ccccc2)Cc2cc(C)cc(C)c2O)Cc2ccccc2)c1. The molecule has 4 nitrogen and oxygen atoms in total. The topological polar surface area (TPSA) is 46.9 Å². The van der Waals surface area contributed by atoms with Gasteiger partial charge < -0.3 is 10.2 Å². The molecule has 0 fully saturated rings. The molecule has 2 N–H and O–H groups in total. The summed E-state index contributed by atoms with van der Waals surface area (Å²) in [6, 6.07) is 29.3. The van der Waals surface area contributed by atoms with Crippen molar-refractivity contribution in [1.82, 2.24) is 9.80 Å². The zero-order chi connectivity index (χ0) is 27.1. The first-order valence-corrected chi connectivity index (χ1v) is 13.4. The lowest BCUT2D eigenvalue weighted by Crippen LogP contribution is -2.34. The Bertz CT molecular complexity index is 1230. The number of hydrogen-bond acceptors (Lipinski definition) is 4. The van der Waals surface area contributed by atoms with Crippen LogP contribution in [0.5, 0.6) is 11.5 Å². The van der Waals surface area contributed by atoms with Crippen molar-refractivity contribution in [3.05, 3.63) is 129 Å². The molecule has 4 rings (SSSR count). The predicted molar refractivity (Wildman–Crippen MR) is 156 cm³/mol. The van der Waals surface area contributed by atoms with Gasteiger partial charge in [0.2, 0.25) is 0 Å². The highest BCUT2D eigenvalue weighted by molar-refractivity contribution is 5.43. The maximum atomic E-state index is 10.8. The lowest BCUT2D eigenvalue weighted by molar-refractivity contribution is 0.180. The average Bonchev–Trinajstić information content (AvgIpc) is 2.89. The largest absolute Gasteiger partial charge is 0.507 e. The Hall–Kier alpha value is -3.60. The van der Waals surface area contributed by atoms with E-state index in [0.29, 0.717) is 24.6 Å². The minimum absolute atomic E-state index is 0.384. The van der Waals surface area contributed by atoms with Gasteiger partial charge in [0.1, 0.15) is 11.5 Å². The number of aryl methyl sites for hydroxylation is 4. The first kappa shape index (κ1) is 27.4. The molecule has 198 valence electrons. The van der Waals surface area contributed by atoms with Gasteiger partial charge in [0.15, 0.2) is 0 Å². The van der Waals surface area contributed by atoms with E-state index in [9.17, 15) is 10.2 Å². The third-order valence-electron chi connectivity index (χ3n) is 7.07. The summed E-state index contributed by atoms with van der Waals surface area (Å²) in [7, 11) is 0. The molecule has 38 heavy (non-hydrogen) atoms. The van der Waals surface area contributed by atoms with Crippen LogP contribution in [-0.4, -0.2) is 33.1 Å². The molecule has 4 heteroatoms. The van der Waals surface area contributed by atoms with Crippen LogP contribution in [0.15, 0.2) is 84.9 Å². The normalized spacial score (nSPS) is 11.4. The number of phenols is 2. The van der Waals surface area contributed by atoms with Gasteiger partial charge in [-0.1, -0.05) is 96.1 Å². The molecular weight excluding hydrogens is 468 g/mol. The van der Waals surface area contributed by atoms with Crippen LogP contribution in [0.1, 0.15) is 44.5 Å². The third-order valence-corrected chi connectivity index (χ3v) is 7.07. The summed E-state index contributed by atoms with van der Waals surface area (Å²) in [5.74, 6) is 0.768. The fourth-order valence-corrected chi connectivity index (χ4v) is 5.21. The molecule has 0 radical (unpaired) electrons. The van der Waals surface area contributed by atoms with Gasteiger partial charge >= 0.3 is 0 Å². The zero-order valence-electron chi connectivity index (χ0n) is 23.1. The van der Waals surface area contributed by atoms with Crippen LogP contribution in [0.25, 0.3) is 0 Å². The van der Waals surface area contributed by atoms with Gasteiger partial charge in [-0.2, -0.15) is 0 Å². The maximum Gasteiger partial charge on any atom is 0.122 e. The first-order valence-electron chi connectivity index (χ1n) is 13.4. The van der Waals surface area contributed by atoms with Crippen molar-refractivity contribution in [2.45, 2.75) is 53.9 Å². The standard InChI is InChI=1S/C34H40N2O2/c1-25-17-27(3)33(37)31(19-25)23-35(21-29-11-7-5-8-12-29)15-16-36(22-30-13-9-6-10-14-30)24-32-20-26(2)18-28(4)34(32)38/h5-14,17-20,37-38H,15-16,21-24H2,1-4H3. The highest BCUT2D eigenvalue weighted by Crippen LogP contribution is 2.27. The lowest BCUT2D eigenvalue weighted by atomic mass is 10.0. The summed E-state index contributed by atoms with van der Waals surface area (Å²) in [5, 5.41) is 21.6. The van der Waals surface area contributed by atoms with Crippen molar-refractivity contribution in [2.75, 3.05) is 13.1 Å². The molecular formula is C34H40N2O2. The summed E-state index contributed by atoms with van der Waals surface area (Å²) < 4.78 is 0. The fraction of sp³-hybridized carbons (Fsp3) is 0.294. The molecule has 0 spiro atoms. The van der Waals surface area contributed by atoms with E-state index in [1.54, 1.807) is 0 Å². The second-order valence-electron chi connectivity index (χ2n) is 10.6. The molecule has 0 unspecified atom stereocenters. The Labute approximate surface area is 227 Å². The number of hydrogen-bond donors (Lipinski definition) is 2. The molecule has 0 bridgehead atoms. The predicted octanol–water partition coefficient (Wildman–Crippen LogP) is 7.04. The van der Waals surface area contributed by atoms with E-state index in [1.807, 2.05) is 38.1 Å². The second-order valence-corrected chi connectivity index (χ2v) is 10.6. The molecule has 0 aliphatic rings. The number of phenolic OH excluding ortho intramolecular Hbond substituents is 2. The van der Waals surface area contributed by atoms with Gasteiger partial charge in [0.25, 0.3) is 0 Å². The van der Waals surface area contributed by atoms with Gasteiger partial charge in [-0.15, -0.1) is 0 Å². The van der Waals surface area contributed by atoms with Crippen molar-refractivity contribution >= 4 is 0 Å². The molecule has 0 heterocycles. The number of rotatable bonds is 11. The summed E-state index contributed by atoms with van der Waals surface area (Å²) in [6.07, 6.45) is 0. The zero-order valence-corrected chi connectivity index (χ0v) is 23.1. The highest BCUT2D eigenvalue weighted by atomic mass is 16.3. The molecule has 0 aliphatic heterocycles. The summed E-state index contributed by atoms with van der Waals surface area (Å²) in [6.45, 7) is 12.6. The smallest absolute Gasteiger partial charge is 0.122 e. The quantitative estimate of drug-likeness (QED) is 0.228. The van der Waals surface area contributed by atoms with Crippen LogP contribution in [-0.2, 0) is 26.2 Å². The van der Waals surface area contributed by atoms with Crippen molar-refractivity contribution < 1.29 is 10.2 Å². The van der Waals surface area contributed by atoms with E-state index in [4.69, 9.17) is 0 Å². The van der Waals surface area contributed by atoms with Crippen molar-refractivity contribution in [3.63, 3.8) is 0 Å². The summed E-state index contributed by atoms with van der Waals surface area (Å²) in [5.41, 5.74) is 8.55. The average molecular weight is 509 g/mol. The molecule has 0 aliphatic carbocycles. The minimum Gasteiger partial charge on any atom is -0.507 e. The molecule has 0 saturated heterocycles. The molecule has 0 amide bonds. The maximum absolute atomic E-state index is 10.8. The van der Waals surface area contributed by atoms with E-state index in [2.05, 4.69) is 84.3 Å². The Morgan fingerprint density at radius 2 is 0.868 bits per heavy atom. The molecule has 0 aromatic heterocycles. The van der Waals surface area contributed by atoms with E-state index >= 15 is 0 Å². The number of benzene rings is 4. The first-order chi connectivity index (χ1) is 18.3. The Balaban J connectivity index is 1.58. The van der Waals surface area contributed by atoms with Gasteiger partial charge in [-0.05, 0) is 49.9 Å². The summed E-state index contributed by atoms with van der Waals surface area (Å²) >= 11 is 0. The molecule has 4 aromatic carbocycles. The van der Waals surface area contributed by atoms with E-state index in [1.165, 1.54) is 11.1 Å². The molecule has 0 saturated carbocycles. The summed E-state index contributed by atoms with van der Waals surface area (Å²) in [4.78, 5) is 4.81. The van der Waals surface area contributed by atoms with E-state index in [-0.39, 0.29) is 0 Å². The van der Waals surface area contributed by atoms with Gasteiger partial charge in [0.05, 0.1) is 0 Å². The molecule has 4 aromatic rings. The van der Waals surface area contributed by atoms with Crippen LogP contribution in [0.4, 0.5) is 0 Å². The third kappa shape index (κ3) is 7.47. The van der Waals surface area contributed by atoms with Crippen LogP contribution < -0.4 is 0 Å². The Kier molecular flexibility index (Phi) is 9.22. The van der Waals surface area contributed by atoms with Crippen molar-refractivity contribution in [3.8, 4) is 11.5 Å².